The van der Waals surface area contributed by atoms with Crippen LogP contribution in [0, 0.1) is 12.8 Å². The molecular weight excluding hydrogens is 168 g/mol. The topological polar surface area (TPSA) is 72.3 Å². The number of fused-ring (bicyclic) bond motifs is 1. The molecule has 0 saturated heterocycles. The molecule has 0 saturated carbocycles. The average Bonchev–Trinajstić information content (AvgIpc) is 2.56. The Labute approximate surface area is 76.7 Å². The van der Waals surface area contributed by atoms with Gasteiger partial charge in [-0.25, -0.2) is 0 Å². The minimum atomic E-state index is -0.931. The Morgan fingerprint density at radius 2 is 2.46 bits per heavy atom. The third-order valence-corrected chi connectivity index (χ3v) is 2.98. The highest BCUT2D eigenvalue weighted by Gasteiger charge is 2.46. The van der Waals surface area contributed by atoms with Gasteiger partial charge in [-0.15, -0.1) is 0 Å². The van der Waals surface area contributed by atoms with E-state index in [2.05, 4.69) is 5.16 Å². The normalized spacial score (nSPS) is 32.2. The van der Waals surface area contributed by atoms with Crippen LogP contribution in [-0.4, -0.2) is 16.8 Å². The molecule has 0 aliphatic heterocycles. The highest BCUT2D eigenvalue weighted by atomic mass is 16.5. The van der Waals surface area contributed by atoms with Crippen LogP contribution in [-0.2, 0) is 12.0 Å². The fraction of sp³-hybridized carbons (Fsp3) is 0.667. The van der Waals surface area contributed by atoms with Gasteiger partial charge >= 0.3 is 0 Å². The predicted molar refractivity (Wildman–Crippen MR) is 47.1 cm³/mol. The molecular formula is C9H14N2O2. The minimum Gasteiger partial charge on any atom is -0.383 e. The lowest BCUT2D eigenvalue weighted by Gasteiger charge is -2.26. The van der Waals surface area contributed by atoms with E-state index in [0.29, 0.717) is 0 Å². The lowest BCUT2D eigenvalue weighted by atomic mass is 9.88. The number of nitrogens with zero attached hydrogens (tertiary/aromatic N) is 1. The van der Waals surface area contributed by atoms with Crippen LogP contribution in [0.3, 0.4) is 0 Å². The summed E-state index contributed by atoms with van der Waals surface area (Å²) in [7, 11) is 0. The van der Waals surface area contributed by atoms with Crippen molar-refractivity contribution in [2.45, 2.75) is 25.9 Å². The van der Waals surface area contributed by atoms with Gasteiger partial charge in [0.25, 0.3) is 0 Å². The predicted octanol–water partition coefficient (Wildman–Crippen LogP) is 0.322. The molecule has 0 fully saturated rings. The maximum atomic E-state index is 10.3. The first-order valence-corrected chi connectivity index (χ1v) is 4.47. The monoisotopic (exact) mass is 182 g/mol. The van der Waals surface area contributed by atoms with E-state index in [-0.39, 0.29) is 12.5 Å². The third-order valence-electron chi connectivity index (χ3n) is 2.98. The zero-order valence-electron chi connectivity index (χ0n) is 7.87. The molecule has 1 aliphatic rings. The number of hydrogen-bond acceptors (Lipinski definition) is 4. The van der Waals surface area contributed by atoms with Gasteiger partial charge in [-0.1, -0.05) is 12.1 Å². The van der Waals surface area contributed by atoms with Crippen LogP contribution < -0.4 is 5.73 Å². The van der Waals surface area contributed by atoms with Crippen LogP contribution in [0.1, 0.15) is 23.9 Å². The van der Waals surface area contributed by atoms with Crippen LogP contribution in [0.2, 0.25) is 0 Å². The van der Waals surface area contributed by atoms with Gasteiger partial charge in [0.05, 0.1) is 11.3 Å². The number of aryl methyl sites for hydroxylation is 1. The number of rotatable bonds is 1. The first kappa shape index (κ1) is 8.72. The molecule has 1 heterocycles. The van der Waals surface area contributed by atoms with E-state index in [1.807, 2.05) is 13.8 Å². The van der Waals surface area contributed by atoms with E-state index in [0.717, 1.165) is 23.4 Å². The van der Waals surface area contributed by atoms with Gasteiger partial charge in [0.15, 0.2) is 0 Å². The molecule has 1 aromatic rings. The molecule has 0 bridgehead atoms. The van der Waals surface area contributed by atoms with E-state index in [1.165, 1.54) is 0 Å². The van der Waals surface area contributed by atoms with Crippen molar-refractivity contribution in [1.29, 1.82) is 0 Å². The van der Waals surface area contributed by atoms with E-state index in [1.54, 1.807) is 0 Å². The minimum absolute atomic E-state index is 0.118. The second-order valence-corrected chi connectivity index (χ2v) is 3.80. The van der Waals surface area contributed by atoms with Crippen molar-refractivity contribution in [2.24, 2.45) is 11.7 Å². The Balaban J connectivity index is 2.55. The SMILES string of the molecule is Cc1noc2c1C(O)(CN)C(C)C2. The van der Waals surface area contributed by atoms with Gasteiger partial charge < -0.3 is 15.4 Å². The Morgan fingerprint density at radius 3 is 3.08 bits per heavy atom. The maximum absolute atomic E-state index is 10.3. The summed E-state index contributed by atoms with van der Waals surface area (Å²) in [5.41, 5.74) is 6.22. The third kappa shape index (κ3) is 0.957. The summed E-state index contributed by atoms with van der Waals surface area (Å²) in [6.07, 6.45) is 0.726. The maximum Gasteiger partial charge on any atom is 0.143 e. The van der Waals surface area contributed by atoms with Gasteiger partial charge in [-0.3, -0.25) is 0 Å². The molecule has 1 aliphatic carbocycles. The highest BCUT2D eigenvalue weighted by Crippen LogP contribution is 2.42. The Kier molecular flexibility index (Phi) is 1.72. The van der Waals surface area contributed by atoms with Crippen molar-refractivity contribution in [3.8, 4) is 0 Å². The van der Waals surface area contributed by atoms with Crippen LogP contribution in [0.25, 0.3) is 0 Å². The fourth-order valence-electron chi connectivity index (χ4n) is 2.11. The molecule has 3 N–H and O–H groups in total. The van der Waals surface area contributed by atoms with Gasteiger partial charge in [-0.05, 0) is 12.8 Å². The molecule has 2 rings (SSSR count). The molecule has 0 aromatic carbocycles. The van der Waals surface area contributed by atoms with Crippen molar-refractivity contribution < 1.29 is 9.63 Å². The summed E-state index contributed by atoms with van der Waals surface area (Å²) in [5, 5.41) is 14.1. The molecule has 13 heavy (non-hydrogen) atoms. The number of hydrogen-bond donors (Lipinski definition) is 2. The molecule has 2 atom stereocenters. The lowest BCUT2D eigenvalue weighted by Crippen LogP contribution is -2.38. The van der Waals surface area contributed by atoms with Gasteiger partial charge in [0.2, 0.25) is 0 Å². The van der Waals surface area contributed by atoms with Crippen molar-refractivity contribution in [1.82, 2.24) is 5.16 Å². The van der Waals surface area contributed by atoms with Crippen molar-refractivity contribution in [3.63, 3.8) is 0 Å². The molecule has 4 nitrogen and oxygen atoms in total. The molecule has 2 unspecified atom stereocenters. The fourth-order valence-corrected chi connectivity index (χ4v) is 2.11. The molecule has 72 valence electrons. The number of aromatic nitrogens is 1. The molecule has 0 spiro atoms. The summed E-state index contributed by atoms with van der Waals surface area (Å²) in [6.45, 7) is 4.03. The van der Waals surface area contributed by atoms with Gasteiger partial charge in [-0.2, -0.15) is 0 Å². The Hall–Kier alpha value is -0.870. The lowest BCUT2D eigenvalue weighted by molar-refractivity contribution is 0.00386. The Bertz CT molecular complexity index is 334. The van der Waals surface area contributed by atoms with Gasteiger partial charge in [0.1, 0.15) is 11.4 Å². The van der Waals surface area contributed by atoms with Crippen LogP contribution in [0.5, 0.6) is 0 Å². The summed E-state index contributed by atoms with van der Waals surface area (Å²) in [6, 6.07) is 0. The molecule has 0 radical (unpaired) electrons. The highest BCUT2D eigenvalue weighted by molar-refractivity contribution is 5.35. The Morgan fingerprint density at radius 1 is 1.77 bits per heavy atom. The van der Waals surface area contributed by atoms with Crippen molar-refractivity contribution in [2.75, 3.05) is 6.54 Å². The van der Waals surface area contributed by atoms with Crippen molar-refractivity contribution >= 4 is 0 Å². The van der Waals surface area contributed by atoms with E-state index in [4.69, 9.17) is 10.3 Å². The van der Waals surface area contributed by atoms with E-state index < -0.39 is 5.60 Å². The second kappa shape index (κ2) is 2.56. The largest absolute Gasteiger partial charge is 0.383 e. The standard InChI is InChI=1S/C9H14N2O2/c1-5-3-7-8(6(2)11-13-7)9(5,12)4-10/h5,12H,3-4,10H2,1-2H3. The van der Waals surface area contributed by atoms with Crippen molar-refractivity contribution in [3.05, 3.63) is 17.0 Å². The van der Waals surface area contributed by atoms with Gasteiger partial charge in [0, 0.05) is 13.0 Å². The molecule has 4 heteroatoms. The first-order chi connectivity index (χ1) is 6.09. The smallest absolute Gasteiger partial charge is 0.143 e. The van der Waals surface area contributed by atoms with Crippen LogP contribution >= 0.6 is 0 Å². The summed E-state index contributed by atoms with van der Waals surface area (Å²) < 4.78 is 5.11. The number of nitrogens with two attached hydrogens (primary N) is 1. The van der Waals surface area contributed by atoms with E-state index in [9.17, 15) is 5.11 Å². The summed E-state index contributed by atoms with van der Waals surface area (Å²) >= 11 is 0. The van der Waals surface area contributed by atoms with Crippen LogP contribution in [0.4, 0.5) is 0 Å². The van der Waals surface area contributed by atoms with E-state index >= 15 is 0 Å². The zero-order valence-corrected chi connectivity index (χ0v) is 7.87. The number of aliphatic hydroxyl groups is 1. The zero-order chi connectivity index (χ0) is 9.64. The quantitative estimate of drug-likeness (QED) is 0.656. The molecule has 1 aromatic heterocycles. The average molecular weight is 182 g/mol. The second-order valence-electron chi connectivity index (χ2n) is 3.80. The summed E-state index contributed by atoms with van der Waals surface area (Å²) in [4.78, 5) is 0. The summed E-state index contributed by atoms with van der Waals surface area (Å²) in [5.74, 6) is 0.908. The first-order valence-electron chi connectivity index (χ1n) is 4.47. The molecule has 0 amide bonds. The van der Waals surface area contributed by atoms with Crippen LogP contribution in [0.15, 0.2) is 4.52 Å².